The van der Waals surface area contributed by atoms with Crippen molar-refractivity contribution in [2.75, 3.05) is 20.1 Å². The van der Waals surface area contributed by atoms with Gasteiger partial charge in [0.2, 0.25) is 0 Å². The molecule has 5 rings (SSSR count). The third-order valence-electron chi connectivity index (χ3n) is 5.97. The van der Waals surface area contributed by atoms with Crippen molar-refractivity contribution < 1.29 is 8.42 Å². The molecule has 1 aliphatic rings. The molecule has 3 aromatic carbocycles. The summed E-state index contributed by atoms with van der Waals surface area (Å²) in [6.45, 7) is 2.00. The first-order valence-electron chi connectivity index (χ1n) is 10.3. The van der Waals surface area contributed by atoms with Crippen LogP contribution in [0.3, 0.4) is 0 Å². The topological polar surface area (TPSA) is 42.3 Å². The second kappa shape index (κ2) is 7.42. The molecule has 0 bridgehead atoms. The number of aromatic nitrogens is 1. The quantitative estimate of drug-likeness (QED) is 0.464. The zero-order chi connectivity index (χ0) is 20.7. The van der Waals surface area contributed by atoms with Gasteiger partial charge >= 0.3 is 0 Å². The van der Waals surface area contributed by atoms with E-state index in [0.717, 1.165) is 53.2 Å². The minimum atomic E-state index is -3.75. The first kappa shape index (κ1) is 19.1. The Bertz CT molecular complexity index is 1380. The Morgan fingerprint density at radius 2 is 1.57 bits per heavy atom. The molecule has 0 N–H and O–H groups in total. The fourth-order valence-electron chi connectivity index (χ4n) is 4.36. The summed E-state index contributed by atoms with van der Waals surface area (Å²) in [5.41, 5.74) is 2.96. The van der Waals surface area contributed by atoms with Crippen molar-refractivity contribution in [1.82, 2.24) is 8.87 Å². The molecule has 0 fully saturated rings. The molecule has 4 nitrogen and oxygen atoms in total. The normalized spacial score (nSPS) is 16.0. The van der Waals surface area contributed by atoms with E-state index in [9.17, 15) is 8.42 Å². The molecule has 4 aromatic rings. The van der Waals surface area contributed by atoms with Crippen molar-refractivity contribution in [2.45, 2.75) is 17.7 Å². The number of hydrogen-bond donors (Lipinski definition) is 0. The lowest BCUT2D eigenvalue weighted by atomic mass is 10.0. The molecule has 0 amide bonds. The third-order valence-corrected chi connectivity index (χ3v) is 7.71. The predicted molar refractivity (Wildman–Crippen MR) is 123 cm³/mol. The molecule has 30 heavy (non-hydrogen) atoms. The Morgan fingerprint density at radius 1 is 0.833 bits per heavy atom. The van der Waals surface area contributed by atoms with E-state index in [-0.39, 0.29) is 0 Å². The molecule has 0 saturated carbocycles. The number of para-hydroxylation sites is 1. The molecule has 0 unspecified atom stereocenters. The molecule has 2 heterocycles. The molecule has 0 atom stereocenters. The number of fused-ring (bicyclic) bond motifs is 2. The van der Waals surface area contributed by atoms with E-state index in [1.165, 1.54) is 9.55 Å². The number of nitrogens with zero attached hydrogens (tertiary/aromatic N) is 2. The van der Waals surface area contributed by atoms with E-state index in [4.69, 9.17) is 0 Å². The van der Waals surface area contributed by atoms with Gasteiger partial charge in [-0.1, -0.05) is 60.7 Å². The van der Waals surface area contributed by atoms with Crippen LogP contribution < -0.4 is 0 Å². The Kier molecular flexibility index (Phi) is 4.72. The third kappa shape index (κ3) is 3.15. The van der Waals surface area contributed by atoms with Crippen molar-refractivity contribution in [1.29, 1.82) is 0 Å². The summed E-state index contributed by atoms with van der Waals surface area (Å²) >= 11 is 0. The lowest BCUT2D eigenvalue weighted by Gasteiger charge is -2.12. The van der Waals surface area contributed by atoms with E-state index in [0.29, 0.717) is 4.90 Å². The largest absolute Gasteiger partial charge is 0.306 e. The van der Waals surface area contributed by atoms with Gasteiger partial charge in [-0.3, -0.25) is 0 Å². The van der Waals surface area contributed by atoms with Crippen LogP contribution in [0.5, 0.6) is 0 Å². The summed E-state index contributed by atoms with van der Waals surface area (Å²) < 4.78 is 29.1. The van der Waals surface area contributed by atoms with Gasteiger partial charge in [0.15, 0.2) is 0 Å². The maximum atomic E-state index is 13.8. The van der Waals surface area contributed by atoms with Crippen molar-refractivity contribution >= 4 is 37.3 Å². The smallest absolute Gasteiger partial charge is 0.268 e. The first-order valence-corrected chi connectivity index (χ1v) is 11.7. The van der Waals surface area contributed by atoms with Crippen molar-refractivity contribution in [3.63, 3.8) is 0 Å². The summed E-state index contributed by atoms with van der Waals surface area (Å²) in [7, 11) is -1.62. The van der Waals surface area contributed by atoms with Crippen molar-refractivity contribution in [2.24, 2.45) is 0 Å². The summed E-state index contributed by atoms with van der Waals surface area (Å²) in [5, 5.41) is 2.65. The molecule has 5 heteroatoms. The lowest BCUT2D eigenvalue weighted by Crippen LogP contribution is -2.18. The second-order valence-electron chi connectivity index (χ2n) is 7.91. The van der Waals surface area contributed by atoms with Gasteiger partial charge in [0.1, 0.15) is 0 Å². The Labute approximate surface area is 177 Å². The van der Waals surface area contributed by atoms with Crippen molar-refractivity contribution in [3.05, 3.63) is 84.6 Å². The number of hydrogen-bond acceptors (Lipinski definition) is 3. The van der Waals surface area contributed by atoms with Gasteiger partial charge in [-0.2, -0.15) is 0 Å². The van der Waals surface area contributed by atoms with Gasteiger partial charge in [-0.25, -0.2) is 12.4 Å². The van der Waals surface area contributed by atoms with Crippen LogP contribution in [0.4, 0.5) is 0 Å². The molecule has 0 spiro atoms. The molecule has 0 saturated heterocycles. The van der Waals surface area contributed by atoms with Crippen LogP contribution in [0, 0.1) is 0 Å². The monoisotopic (exact) mass is 416 g/mol. The SMILES string of the molecule is CN1CCC=C(c2cn(S(=O)(=O)c3cccc4ccccc34)c3ccccc23)CC1. The van der Waals surface area contributed by atoms with E-state index in [1.807, 2.05) is 66.9 Å². The fourth-order valence-corrected chi connectivity index (χ4v) is 5.95. The highest BCUT2D eigenvalue weighted by atomic mass is 32.2. The molecule has 1 aromatic heterocycles. The molecular weight excluding hydrogens is 392 g/mol. The average molecular weight is 417 g/mol. The average Bonchev–Trinajstić information content (AvgIpc) is 3.03. The molecule has 152 valence electrons. The van der Waals surface area contributed by atoms with Crippen LogP contribution >= 0.6 is 0 Å². The predicted octanol–water partition coefficient (Wildman–Crippen LogP) is 5.14. The summed E-state index contributed by atoms with van der Waals surface area (Å²) in [5.74, 6) is 0. The van der Waals surface area contributed by atoms with Gasteiger partial charge in [0, 0.05) is 35.6 Å². The summed E-state index contributed by atoms with van der Waals surface area (Å²) in [6, 6.07) is 20.9. The fraction of sp³-hybridized carbons (Fsp3) is 0.200. The maximum Gasteiger partial charge on any atom is 0.268 e. The van der Waals surface area contributed by atoms with E-state index in [1.54, 1.807) is 6.07 Å². The molecule has 1 aliphatic heterocycles. The standard InChI is InChI=1S/C25H24N2O2S/c1-26-16-7-10-20(15-17-26)23-18-27(24-13-5-4-12-22(23)24)30(28,29)25-14-6-9-19-8-2-3-11-21(19)25/h2-6,8-14,18H,7,15-17H2,1H3. The Balaban J connectivity index is 1.72. The van der Waals surface area contributed by atoms with Crippen LogP contribution in [0.1, 0.15) is 18.4 Å². The minimum Gasteiger partial charge on any atom is -0.306 e. The molecule has 0 aliphatic carbocycles. The van der Waals surface area contributed by atoms with Gasteiger partial charge in [0.25, 0.3) is 10.0 Å². The Morgan fingerprint density at radius 3 is 2.43 bits per heavy atom. The van der Waals surface area contributed by atoms with E-state index in [2.05, 4.69) is 18.0 Å². The highest BCUT2D eigenvalue weighted by molar-refractivity contribution is 7.90. The van der Waals surface area contributed by atoms with Crippen LogP contribution in [-0.4, -0.2) is 37.4 Å². The van der Waals surface area contributed by atoms with E-state index >= 15 is 0 Å². The van der Waals surface area contributed by atoms with Gasteiger partial charge in [-0.05, 0) is 43.0 Å². The van der Waals surface area contributed by atoms with Crippen LogP contribution in [0.25, 0.3) is 27.2 Å². The van der Waals surface area contributed by atoms with Crippen LogP contribution in [0.2, 0.25) is 0 Å². The minimum absolute atomic E-state index is 0.336. The van der Waals surface area contributed by atoms with Gasteiger partial charge in [-0.15, -0.1) is 0 Å². The van der Waals surface area contributed by atoms with Crippen LogP contribution in [0.15, 0.2) is 83.9 Å². The summed E-state index contributed by atoms with van der Waals surface area (Å²) in [6.07, 6.45) is 5.97. The zero-order valence-corrected chi connectivity index (χ0v) is 17.8. The molecular formula is C25H24N2O2S. The van der Waals surface area contributed by atoms with E-state index < -0.39 is 10.0 Å². The second-order valence-corrected chi connectivity index (χ2v) is 9.69. The zero-order valence-electron chi connectivity index (χ0n) is 17.0. The Hall–Kier alpha value is -2.89. The lowest BCUT2D eigenvalue weighted by molar-refractivity contribution is 0.355. The highest BCUT2D eigenvalue weighted by Gasteiger charge is 2.24. The number of rotatable bonds is 3. The van der Waals surface area contributed by atoms with Crippen molar-refractivity contribution in [3.8, 4) is 0 Å². The molecule has 0 radical (unpaired) electrons. The number of benzene rings is 3. The maximum absolute atomic E-state index is 13.8. The van der Waals surface area contributed by atoms with Gasteiger partial charge in [0.05, 0.1) is 10.4 Å². The van der Waals surface area contributed by atoms with Crippen LogP contribution in [-0.2, 0) is 10.0 Å². The first-order chi connectivity index (χ1) is 14.6. The van der Waals surface area contributed by atoms with Gasteiger partial charge < -0.3 is 4.90 Å². The highest BCUT2D eigenvalue weighted by Crippen LogP contribution is 2.34. The summed E-state index contributed by atoms with van der Waals surface area (Å²) in [4.78, 5) is 2.65.